The molecule has 4 heterocycles. The van der Waals surface area contributed by atoms with Crippen molar-refractivity contribution >= 4 is 8.32 Å². The summed E-state index contributed by atoms with van der Waals surface area (Å²) in [6.45, 7) is 19.3. The Morgan fingerprint density at radius 3 is 2.03 bits per heavy atom. The van der Waals surface area contributed by atoms with Gasteiger partial charge in [-0.1, -0.05) is 20.8 Å². The van der Waals surface area contributed by atoms with Crippen LogP contribution in [0.15, 0.2) is 0 Å². The van der Waals surface area contributed by atoms with Crippen molar-refractivity contribution in [2.45, 2.75) is 140 Å². The third-order valence-corrected chi connectivity index (χ3v) is 12.7. The van der Waals surface area contributed by atoms with Gasteiger partial charge in [-0.25, -0.2) is 0 Å². The Morgan fingerprint density at radius 2 is 1.41 bits per heavy atom. The lowest BCUT2D eigenvalue weighted by molar-refractivity contribution is -0.288. The van der Waals surface area contributed by atoms with Crippen LogP contribution in [0.25, 0.3) is 0 Å². The van der Waals surface area contributed by atoms with Gasteiger partial charge in [-0.05, 0) is 45.8 Å². The van der Waals surface area contributed by atoms with E-state index in [1.165, 1.54) is 0 Å². The van der Waals surface area contributed by atoms with Crippen molar-refractivity contribution in [2.24, 2.45) is 0 Å². The molecule has 11 heteroatoms. The van der Waals surface area contributed by atoms with Crippen LogP contribution in [-0.4, -0.2) is 103 Å². The van der Waals surface area contributed by atoms with Gasteiger partial charge >= 0.3 is 0 Å². The van der Waals surface area contributed by atoms with Crippen LogP contribution < -0.4 is 0 Å². The molecule has 4 rings (SSSR count). The highest BCUT2D eigenvalue weighted by molar-refractivity contribution is 6.74. The van der Waals surface area contributed by atoms with E-state index in [4.69, 9.17) is 47.1 Å². The minimum atomic E-state index is -1.98. The van der Waals surface area contributed by atoms with E-state index in [0.717, 1.165) is 0 Å². The Kier molecular flexibility index (Phi) is 8.58. The summed E-state index contributed by atoms with van der Waals surface area (Å²) in [7, 11) is 1.39. The Bertz CT molecular complexity index is 784. The second-order valence-electron chi connectivity index (χ2n) is 12.9. The average Bonchev–Trinajstić information content (AvgIpc) is 3.28. The largest absolute Gasteiger partial charge is 0.414 e. The van der Waals surface area contributed by atoms with Crippen LogP contribution in [0.3, 0.4) is 0 Å². The zero-order valence-corrected chi connectivity index (χ0v) is 25.4. The molecular formula is C26H48O10Si. The van der Waals surface area contributed by atoms with Crippen LogP contribution in [0.1, 0.15) is 54.9 Å². The third-order valence-electron chi connectivity index (χ3n) is 8.17. The molecule has 0 aliphatic carbocycles. The fraction of sp³-hybridized carbons (Fsp3) is 1.00. The first kappa shape index (κ1) is 29.8. The lowest BCUT2D eigenvalue weighted by atomic mass is 9.99. The highest BCUT2D eigenvalue weighted by atomic mass is 28.4. The van der Waals surface area contributed by atoms with Gasteiger partial charge < -0.3 is 47.1 Å². The minimum Gasteiger partial charge on any atom is -0.414 e. The quantitative estimate of drug-likeness (QED) is 0.419. The van der Waals surface area contributed by atoms with E-state index in [1.807, 2.05) is 27.7 Å². The summed E-state index contributed by atoms with van der Waals surface area (Å²) in [5.41, 5.74) is 0. The van der Waals surface area contributed by atoms with Gasteiger partial charge in [-0.15, -0.1) is 0 Å². The molecule has 10 nitrogen and oxygen atoms in total. The molecule has 0 aromatic rings. The fourth-order valence-electron chi connectivity index (χ4n) is 5.20. The maximum absolute atomic E-state index is 6.48. The van der Waals surface area contributed by atoms with Gasteiger partial charge in [0.2, 0.25) is 0 Å². The molecule has 4 aliphatic heterocycles. The van der Waals surface area contributed by atoms with E-state index < -0.39 is 38.6 Å². The van der Waals surface area contributed by atoms with Crippen molar-refractivity contribution < 1.29 is 47.1 Å². The summed E-state index contributed by atoms with van der Waals surface area (Å²) < 4.78 is 61.5. The lowest BCUT2D eigenvalue weighted by Gasteiger charge is -2.43. The first-order valence-corrected chi connectivity index (χ1v) is 16.3. The highest BCUT2D eigenvalue weighted by Crippen LogP contribution is 2.44. The van der Waals surface area contributed by atoms with E-state index in [2.05, 4.69) is 33.9 Å². The molecule has 216 valence electrons. The van der Waals surface area contributed by atoms with E-state index in [0.29, 0.717) is 13.0 Å². The molecule has 0 N–H and O–H groups in total. The smallest absolute Gasteiger partial charge is 0.192 e. The Hall–Kier alpha value is -0.183. The van der Waals surface area contributed by atoms with Crippen molar-refractivity contribution in [1.82, 2.24) is 0 Å². The average molecular weight is 549 g/mol. The van der Waals surface area contributed by atoms with Crippen LogP contribution in [0.4, 0.5) is 0 Å². The zero-order valence-electron chi connectivity index (χ0n) is 24.4. The van der Waals surface area contributed by atoms with Gasteiger partial charge in [0, 0.05) is 20.6 Å². The van der Waals surface area contributed by atoms with Crippen molar-refractivity contribution in [1.29, 1.82) is 0 Å². The summed E-state index contributed by atoms with van der Waals surface area (Å²) in [5, 5.41) is 0.0885. The first-order valence-electron chi connectivity index (χ1n) is 13.4. The number of hydrogen-bond acceptors (Lipinski definition) is 10. The number of fused-ring (bicyclic) bond motifs is 3. The van der Waals surface area contributed by atoms with Crippen LogP contribution in [0.5, 0.6) is 0 Å². The molecule has 4 saturated heterocycles. The first-order chi connectivity index (χ1) is 17.1. The summed E-state index contributed by atoms with van der Waals surface area (Å²) in [6.07, 6.45) is -2.83. The summed E-state index contributed by atoms with van der Waals surface area (Å²) in [4.78, 5) is 0. The third kappa shape index (κ3) is 6.43. The number of hydrogen-bond donors (Lipinski definition) is 0. The monoisotopic (exact) mass is 548 g/mol. The maximum atomic E-state index is 6.48. The molecule has 4 aliphatic rings. The zero-order chi connectivity index (χ0) is 27.4. The van der Waals surface area contributed by atoms with Crippen LogP contribution in [0, 0.1) is 0 Å². The standard InChI is InChI=1S/C26H48O10Si/c1-24(2,3)37(10,11)30-14-17-19(28-9)15(27-8)12-18(31-17)29-13-16-20-21(34-25(4,5)33-20)22-23(32-16)36-26(6,7)35-22/h15-23H,12-14H2,1-11H3. The summed E-state index contributed by atoms with van der Waals surface area (Å²) in [6, 6.07) is 0. The summed E-state index contributed by atoms with van der Waals surface area (Å²) in [5.74, 6) is -1.53. The van der Waals surface area contributed by atoms with Crippen LogP contribution in [-0.2, 0) is 47.1 Å². The molecule has 0 saturated carbocycles. The molecular weight excluding hydrogens is 500 g/mol. The van der Waals surface area contributed by atoms with Gasteiger partial charge in [0.15, 0.2) is 32.5 Å². The molecule has 0 spiro atoms. The van der Waals surface area contributed by atoms with Gasteiger partial charge in [-0.2, -0.15) is 0 Å². The van der Waals surface area contributed by atoms with E-state index >= 15 is 0 Å². The lowest BCUT2D eigenvalue weighted by Crippen LogP contribution is -2.57. The second-order valence-corrected chi connectivity index (χ2v) is 17.7. The predicted molar refractivity (Wildman–Crippen MR) is 136 cm³/mol. The predicted octanol–water partition coefficient (Wildman–Crippen LogP) is 3.57. The number of ether oxygens (including phenoxy) is 9. The van der Waals surface area contributed by atoms with Gasteiger partial charge in [0.1, 0.15) is 36.6 Å². The Balaban J connectivity index is 1.42. The van der Waals surface area contributed by atoms with Crippen LogP contribution in [0.2, 0.25) is 18.1 Å². The number of methoxy groups -OCH3 is 2. The van der Waals surface area contributed by atoms with E-state index in [1.54, 1.807) is 14.2 Å². The molecule has 37 heavy (non-hydrogen) atoms. The van der Waals surface area contributed by atoms with Gasteiger partial charge in [-0.3, -0.25) is 0 Å². The molecule has 0 amide bonds. The molecule has 0 aromatic carbocycles. The Labute approximate surface area is 222 Å². The molecule has 9 atom stereocenters. The van der Waals surface area contributed by atoms with Crippen molar-refractivity contribution in [3.63, 3.8) is 0 Å². The maximum Gasteiger partial charge on any atom is 0.192 e. The topological polar surface area (TPSA) is 92.3 Å². The van der Waals surface area contributed by atoms with Crippen molar-refractivity contribution in [3.05, 3.63) is 0 Å². The van der Waals surface area contributed by atoms with E-state index in [9.17, 15) is 0 Å². The Morgan fingerprint density at radius 1 is 0.784 bits per heavy atom. The number of rotatable bonds is 8. The van der Waals surface area contributed by atoms with E-state index in [-0.39, 0.29) is 48.3 Å². The second kappa shape index (κ2) is 10.7. The van der Waals surface area contributed by atoms with Crippen molar-refractivity contribution in [3.8, 4) is 0 Å². The molecule has 0 bridgehead atoms. The fourth-order valence-corrected chi connectivity index (χ4v) is 6.22. The van der Waals surface area contributed by atoms with Gasteiger partial charge in [0.05, 0.1) is 19.3 Å². The molecule has 0 radical (unpaired) electrons. The van der Waals surface area contributed by atoms with Crippen LogP contribution >= 0.6 is 0 Å². The van der Waals surface area contributed by atoms with Crippen molar-refractivity contribution in [2.75, 3.05) is 27.4 Å². The molecule has 4 fully saturated rings. The van der Waals surface area contributed by atoms with Gasteiger partial charge in [0.25, 0.3) is 0 Å². The normalized spacial score (nSPS) is 41.4. The SMILES string of the molecule is COC1CC(OCC2OC3OC(C)(C)OC3C3OC(C)(C)OC23)OC(CO[Si](C)(C)C(C)(C)C)C1OC. The highest BCUT2D eigenvalue weighted by Gasteiger charge is 2.60. The minimum absolute atomic E-state index is 0.0885. The summed E-state index contributed by atoms with van der Waals surface area (Å²) >= 11 is 0. The molecule has 9 unspecified atom stereocenters. The molecule has 0 aromatic heterocycles.